The molecule has 1 fully saturated rings. The van der Waals surface area contributed by atoms with Crippen LogP contribution in [0.2, 0.25) is 0 Å². The van der Waals surface area contributed by atoms with E-state index in [4.69, 9.17) is 0 Å². The largest absolute Gasteiger partial charge is 0.507 e. The number of halogens is 1. The Labute approximate surface area is 179 Å². The quantitative estimate of drug-likeness (QED) is 0.390. The van der Waals surface area contributed by atoms with Gasteiger partial charge in [-0.25, -0.2) is 0 Å². The summed E-state index contributed by atoms with van der Waals surface area (Å²) in [7, 11) is 0. The van der Waals surface area contributed by atoms with Crippen LogP contribution in [0.15, 0.2) is 58.8 Å². The molecule has 29 heavy (non-hydrogen) atoms. The van der Waals surface area contributed by atoms with Gasteiger partial charge in [0.1, 0.15) is 5.76 Å². The Morgan fingerprint density at radius 3 is 2.31 bits per heavy atom. The molecule has 0 saturated carbocycles. The van der Waals surface area contributed by atoms with Gasteiger partial charge in [0.25, 0.3) is 11.7 Å². The summed E-state index contributed by atoms with van der Waals surface area (Å²) in [5.74, 6) is -1.42. The van der Waals surface area contributed by atoms with Crippen molar-refractivity contribution in [1.29, 1.82) is 0 Å². The third-order valence-electron chi connectivity index (χ3n) is 5.23. The van der Waals surface area contributed by atoms with Gasteiger partial charge in [0.2, 0.25) is 0 Å². The van der Waals surface area contributed by atoms with Crippen LogP contribution in [-0.2, 0) is 9.59 Å². The van der Waals surface area contributed by atoms with Gasteiger partial charge in [-0.2, -0.15) is 0 Å². The zero-order valence-electron chi connectivity index (χ0n) is 16.5. The van der Waals surface area contributed by atoms with Crippen LogP contribution in [0.25, 0.3) is 5.76 Å². The SMILES string of the molecule is CCN(CC)CCN1C(=O)C(=O)/C(=C(/O)c2ccncc2)[C@@H]1c1ccc(Br)cc1. The molecule has 0 spiro atoms. The van der Waals surface area contributed by atoms with E-state index in [0.29, 0.717) is 18.7 Å². The first kappa shape index (κ1) is 21.2. The molecule has 2 heterocycles. The molecule has 7 heteroatoms. The van der Waals surface area contributed by atoms with Crippen molar-refractivity contribution in [3.63, 3.8) is 0 Å². The fourth-order valence-corrected chi connectivity index (χ4v) is 3.82. The molecule has 1 aromatic carbocycles. The second kappa shape index (κ2) is 9.33. The molecule has 0 unspecified atom stereocenters. The highest BCUT2D eigenvalue weighted by molar-refractivity contribution is 9.10. The number of pyridine rings is 1. The van der Waals surface area contributed by atoms with Gasteiger partial charge in [-0.05, 0) is 42.9 Å². The lowest BCUT2D eigenvalue weighted by Crippen LogP contribution is -2.38. The van der Waals surface area contributed by atoms with Crippen molar-refractivity contribution in [2.24, 2.45) is 0 Å². The number of aliphatic hydroxyl groups excluding tert-OH is 1. The van der Waals surface area contributed by atoms with Crippen molar-refractivity contribution in [1.82, 2.24) is 14.8 Å². The highest BCUT2D eigenvalue weighted by atomic mass is 79.9. The van der Waals surface area contributed by atoms with E-state index in [-0.39, 0.29) is 11.3 Å². The number of benzene rings is 1. The number of carbonyl (C=O) groups is 2. The van der Waals surface area contributed by atoms with Crippen LogP contribution in [0.1, 0.15) is 31.0 Å². The summed E-state index contributed by atoms with van der Waals surface area (Å²) < 4.78 is 0.899. The Bertz CT molecular complexity index is 909. The smallest absolute Gasteiger partial charge is 0.295 e. The number of rotatable bonds is 7. The Balaban J connectivity index is 2.07. The molecule has 0 radical (unpaired) electrons. The summed E-state index contributed by atoms with van der Waals surface area (Å²) >= 11 is 3.42. The number of aliphatic hydroxyl groups is 1. The maximum Gasteiger partial charge on any atom is 0.295 e. The van der Waals surface area contributed by atoms with E-state index in [1.54, 1.807) is 29.4 Å². The molecule has 1 aliphatic rings. The molecule has 152 valence electrons. The van der Waals surface area contributed by atoms with Crippen molar-refractivity contribution in [2.75, 3.05) is 26.2 Å². The molecule has 3 rings (SSSR count). The molecule has 1 aromatic heterocycles. The summed E-state index contributed by atoms with van der Waals surface area (Å²) in [5, 5.41) is 10.9. The Hall–Kier alpha value is -2.51. The lowest BCUT2D eigenvalue weighted by molar-refractivity contribution is -0.140. The van der Waals surface area contributed by atoms with Gasteiger partial charge in [-0.15, -0.1) is 0 Å². The van der Waals surface area contributed by atoms with Crippen molar-refractivity contribution in [3.05, 3.63) is 70.0 Å². The molecule has 1 aliphatic heterocycles. The minimum absolute atomic E-state index is 0.114. The van der Waals surface area contributed by atoms with Crippen molar-refractivity contribution in [3.8, 4) is 0 Å². The fraction of sp³-hybridized carbons (Fsp3) is 0.318. The first-order valence-corrected chi connectivity index (χ1v) is 10.4. The Kier molecular flexibility index (Phi) is 6.82. The lowest BCUT2D eigenvalue weighted by atomic mass is 9.95. The number of likely N-dealkylation sites (tertiary alicyclic amines) is 1. The number of nitrogens with zero attached hydrogens (tertiary/aromatic N) is 3. The molecular formula is C22H24BrN3O3. The number of likely N-dealkylation sites (N-methyl/N-ethyl adjacent to an activating group) is 1. The van der Waals surface area contributed by atoms with Crippen molar-refractivity contribution >= 4 is 33.4 Å². The van der Waals surface area contributed by atoms with Gasteiger partial charge in [-0.3, -0.25) is 14.6 Å². The van der Waals surface area contributed by atoms with Crippen LogP contribution in [0.5, 0.6) is 0 Å². The van der Waals surface area contributed by atoms with Crippen LogP contribution >= 0.6 is 15.9 Å². The number of hydrogen-bond acceptors (Lipinski definition) is 5. The molecule has 1 N–H and O–H groups in total. The second-order valence-corrected chi connectivity index (χ2v) is 7.72. The van der Waals surface area contributed by atoms with E-state index in [2.05, 4.69) is 39.7 Å². The van der Waals surface area contributed by atoms with E-state index in [1.807, 2.05) is 24.3 Å². The van der Waals surface area contributed by atoms with Crippen molar-refractivity contribution < 1.29 is 14.7 Å². The predicted octanol–water partition coefficient (Wildman–Crippen LogP) is 3.61. The normalized spacial score (nSPS) is 18.6. The zero-order valence-corrected chi connectivity index (χ0v) is 18.1. The van der Waals surface area contributed by atoms with E-state index in [0.717, 1.165) is 23.1 Å². The predicted molar refractivity (Wildman–Crippen MR) is 115 cm³/mol. The van der Waals surface area contributed by atoms with Gasteiger partial charge < -0.3 is 14.9 Å². The minimum Gasteiger partial charge on any atom is -0.507 e. The number of Topliss-reactive ketones (excluding diaryl/α,β-unsaturated/α-hetero) is 1. The highest BCUT2D eigenvalue weighted by Crippen LogP contribution is 2.39. The monoisotopic (exact) mass is 457 g/mol. The van der Waals surface area contributed by atoms with E-state index in [1.165, 1.54) is 0 Å². The highest BCUT2D eigenvalue weighted by Gasteiger charge is 2.45. The number of ketones is 1. The molecule has 1 amide bonds. The molecule has 1 atom stereocenters. The molecule has 2 aromatic rings. The topological polar surface area (TPSA) is 73.7 Å². The number of carbonyl (C=O) groups excluding carboxylic acids is 2. The van der Waals surface area contributed by atoms with Gasteiger partial charge in [0, 0.05) is 35.5 Å². The summed E-state index contributed by atoms with van der Waals surface area (Å²) in [4.78, 5) is 33.5. The first-order valence-electron chi connectivity index (χ1n) is 9.64. The number of amides is 1. The Morgan fingerprint density at radius 1 is 1.10 bits per heavy atom. The van der Waals surface area contributed by atoms with Gasteiger partial charge in [0.05, 0.1) is 11.6 Å². The van der Waals surface area contributed by atoms with E-state index in [9.17, 15) is 14.7 Å². The van der Waals surface area contributed by atoms with Crippen LogP contribution in [0.4, 0.5) is 0 Å². The summed E-state index contributed by atoms with van der Waals surface area (Å²) in [6, 6.07) is 10.1. The maximum atomic E-state index is 12.9. The van der Waals surface area contributed by atoms with Gasteiger partial charge >= 0.3 is 0 Å². The fourth-order valence-electron chi connectivity index (χ4n) is 3.56. The molecular weight excluding hydrogens is 434 g/mol. The number of hydrogen-bond donors (Lipinski definition) is 1. The molecule has 0 bridgehead atoms. The third-order valence-corrected chi connectivity index (χ3v) is 5.76. The standard InChI is InChI=1S/C22H24BrN3O3/c1-3-25(4-2)13-14-26-19(15-5-7-17(23)8-6-15)18(21(28)22(26)29)20(27)16-9-11-24-12-10-16/h5-12,19,27H,3-4,13-14H2,1-2H3/b20-18+/t19-/m0/s1. The van der Waals surface area contributed by atoms with Gasteiger partial charge in [-0.1, -0.05) is 41.9 Å². The van der Waals surface area contributed by atoms with Gasteiger partial charge in [0.15, 0.2) is 0 Å². The average Bonchev–Trinajstić information content (AvgIpc) is 3.00. The summed E-state index contributed by atoms with van der Waals surface area (Å²) in [6.07, 6.45) is 3.08. The number of aromatic nitrogens is 1. The zero-order chi connectivity index (χ0) is 21.0. The molecule has 0 aliphatic carbocycles. The van der Waals surface area contributed by atoms with Crippen LogP contribution in [0.3, 0.4) is 0 Å². The summed E-state index contributed by atoms with van der Waals surface area (Å²) in [5.41, 5.74) is 1.36. The second-order valence-electron chi connectivity index (χ2n) is 6.81. The average molecular weight is 458 g/mol. The third kappa shape index (κ3) is 4.41. The van der Waals surface area contributed by atoms with Crippen LogP contribution in [0, 0.1) is 0 Å². The van der Waals surface area contributed by atoms with Crippen LogP contribution in [-0.4, -0.2) is 57.8 Å². The van der Waals surface area contributed by atoms with E-state index >= 15 is 0 Å². The minimum atomic E-state index is -0.660. The van der Waals surface area contributed by atoms with Crippen molar-refractivity contribution in [2.45, 2.75) is 19.9 Å². The van der Waals surface area contributed by atoms with Crippen LogP contribution < -0.4 is 0 Å². The molecule has 1 saturated heterocycles. The lowest BCUT2D eigenvalue weighted by Gasteiger charge is -2.28. The maximum absolute atomic E-state index is 12.9. The summed E-state index contributed by atoms with van der Waals surface area (Å²) in [6.45, 7) is 6.91. The first-order chi connectivity index (χ1) is 14.0. The Morgan fingerprint density at radius 2 is 1.72 bits per heavy atom. The molecule has 6 nitrogen and oxygen atoms in total. The van der Waals surface area contributed by atoms with E-state index < -0.39 is 17.7 Å².